The fraction of sp³-hybridized carbons (Fsp3) is 0. The van der Waals surface area contributed by atoms with Crippen LogP contribution in [0.15, 0.2) is 267 Å². The van der Waals surface area contributed by atoms with E-state index < -0.39 is 0 Å². The number of para-hydroxylation sites is 2. The second-order valence-electron chi connectivity index (χ2n) is 17.4. The van der Waals surface area contributed by atoms with Crippen LogP contribution in [-0.2, 0) is 0 Å². The van der Waals surface area contributed by atoms with Gasteiger partial charge in [0, 0.05) is 56.4 Å². The van der Waals surface area contributed by atoms with E-state index in [4.69, 9.17) is 0 Å². The highest BCUT2D eigenvalue weighted by molar-refractivity contribution is 6.74. The number of anilines is 8. The summed E-state index contributed by atoms with van der Waals surface area (Å²) in [6, 6.07) is 96.5. The van der Waals surface area contributed by atoms with Gasteiger partial charge in [0.05, 0.1) is 0 Å². The SMILES string of the molecule is B1c2cc(-c3ccccc3)ccc2N(c2ccc(-c3ccccc3)cc2)c2c1c(-c1cc(N(c3ccccc3)c3ccccc3)ccc1Nc1ccc(-c3ccccc3)cc1)cc1ccccc21. The summed E-state index contributed by atoms with van der Waals surface area (Å²) in [4.78, 5) is 4.88. The van der Waals surface area contributed by atoms with Crippen LogP contribution in [0.1, 0.15) is 0 Å². The maximum atomic E-state index is 3.93. The summed E-state index contributed by atoms with van der Waals surface area (Å²) in [7, 11) is 0.751. The van der Waals surface area contributed by atoms with Crippen molar-refractivity contribution in [2.75, 3.05) is 15.1 Å². The van der Waals surface area contributed by atoms with E-state index >= 15 is 0 Å². The van der Waals surface area contributed by atoms with Crippen molar-refractivity contribution in [2.45, 2.75) is 0 Å². The molecule has 68 heavy (non-hydrogen) atoms. The molecule has 0 aliphatic carbocycles. The molecular weight excluding hydrogens is 822 g/mol. The average molecular weight is 868 g/mol. The van der Waals surface area contributed by atoms with Crippen molar-refractivity contribution in [3.05, 3.63) is 267 Å². The van der Waals surface area contributed by atoms with Crippen LogP contribution >= 0.6 is 0 Å². The van der Waals surface area contributed by atoms with Gasteiger partial charge in [-0.25, -0.2) is 0 Å². The van der Waals surface area contributed by atoms with Crippen molar-refractivity contribution < 1.29 is 0 Å². The minimum Gasteiger partial charge on any atom is -0.355 e. The molecule has 0 unspecified atom stereocenters. The molecule has 1 N–H and O–H groups in total. The summed E-state index contributed by atoms with van der Waals surface area (Å²) in [5, 5.41) is 6.33. The first-order chi connectivity index (χ1) is 33.7. The third-order valence-corrected chi connectivity index (χ3v) is 13.2. The summed E-state index contributed by atoms with van der Waals surface area (Å²) in [5.41, 5.74) is 20.9. The van der Waals surface area contributed by atoms with Gasteiger partial charge in [0.1, 0.15) is 0 Å². The van der Waals surface area contributed by atoms with E-state index in [1.165, 1.54) is 72.0 Å². The molecule has 0 atom stereocenters. The number of nitrogens with zero attached hydrogens (tertiary/aromatic N) is 2. The van der Waals surface area contributed by atoms with Gasteiger partial charge in [0.15, 0.2) is 7.28 Å². The number of fused-ring (bicyclic) bond motifs is 4. The molecule has 12 rings (SSSR count). The highest BCUT2D eigenvalue weighted by Crippen LogP contribution is 2.46. The van der Waals surface area contributed by atoms with Crippen molar-refractivity contribution in [3.8, 4) is 44.5 Å². The first kappa shape index (κ1) is 40.6. The zero-order chi connectivity index (χ0) is 45.2. The van der Waals surface area contributed by atoms with Gasteiger partial charge in [-0.2, -0.15) is 0 Å². The molecule has 0 radical (unpaired) electrons. The second kappa shape index (κ2) is 17.8. The number of nitrogens with one attached hydrogen (secondary N) is 1. The van der Waals surface area contributed by atoms with Crippen LogP contribution in [-0.4, -0.2) is 7.28 Å². The molecule has 4 heteroatoms. The van der Waals surface area contributed by atoms with Gasteiger partial charge in [-0.3, -0.25) is 0 Å². The van der Waals surface area contributed by atoms with Gasteiger partial charge in [-0.15, -0.1) is 0 Å². The molecule has 11 aromatic carbocycles. The van der Waals surface area contributed by atoms with Gasteiger partial charge in [0.2, 0.25) is 0 Å². The average Bonchev–Trinajstić information content (AvgIpc) is 3.42. The molecule has 1 heterocycles. The topological polar surface area (TPSA) is 18.5 Å². The van der Waals surface area contributed by atoms with E-state index in [1.54, 1.807) is 0 Å². The molecule has 0 saturated heterocycles. The summed E-state index contributed by atoms with van der Waals surface area (Å²) in [6.07, 6.45) is 0. The van der Waals surface area contributed by atoms with Crippen molar-refractivity contribution >= 4 is 74.5 Å². The maximum Gasteiger partial charge on any atom is 0.198 e. The van der Waals surface area contributed by atoms with Gasteiger partial charge >= 0.3 is 0 Å². The molecular formula is C64H46BN3. The fourth-order valence-electron chi connectivity index (χ4n) is 9.95. The molecule has 1 aliphatic heterocycles. The van der Waals surface area contributed by atoms with Gasteiger partial charge in [0.25, 0.3) is 0 Å². The smallest absolute Gasteiger partial charge is 0.198 e. The van der Waals surface area contributed by atoms with Gasteiger partial charge in [-0.05, 0) is 129 Å². The predicted octanol–water partition coefficient (Wildman–Crippen LogP) is 15.9. The highest BCUT2D eigenvalue weighted by atomic mass is 15.2. The van der Waals surface area contributed by atoms with Crippen LogP contribution in [0.25, 0.3) is 55.3 Å². The molecule has 0 bridgehead atoms. The van der Waals surface area contributed by atoms with Crippen LogP contribution in [0.2, 0.25) is 0 Å². The van der Waals surface area contributed by atoms with Crippen LogP contribution in [0.4, 0.5) is 45.5 Å². The molecule has 0 saturated carbocycles. The largest absolute Gasteiger partial charge is 0.355 e. The summed E-state index contributed by atoms with van der Waals surface area (Å²) >= 11 is 0. The van der Waals surface area contributed by atoms with E-state index in [-0.39, 0.29) is 0 Å². The molecule has 320 valence electrons. The minimum absolute atomic E-state index is 0.751. The Balaban J connectivity index is 1.09. The predicted molar refractivity (Wildman–Crippen MR) is 291 cm³/mol. The first-order valence-electron chi connectivity index (χ1n) is 23.4. The highest BCUT2D eigenvalue weighted by Gasteiger charge is 2.31. The second-order valence-corrected chi connectivity index (χ2v) is 17.4. The van der Waals surface area contributed by atoms with Crippen molar-refractivity contribution in [1.82, 2.24) is 0 Å². The van der Waals surface area contributed by atoms with Crippen molar-refractivity contribution in [3.63, 3.8) is 0 Å². The van der Waals surface area contributed by atoms with Crippen LogP contribution in [0.5, 0.6) is 0 Å². The Morgan fingerprint density at radius 1 is 0.368 bits per heavy atom. The Morgan fingerprint density at radius 3 is 1.47 bits per heavy atom. The lowest BCUT2D eigenvalue weighted by molar-refractivity contribution is 1.28. The van der Waals surface area contributed by atoms with Crippen molar-refractivity contribution in [2.24, 2.45) is 0 Å². The molecule has 0 amide bonds. The van der Waals surface area contributed by atoms with Gasteiger partial charge < -0.3 is 15.1 Å². The molecule has 0 fully saturated rings. The summed E-state index contributed by atoms with van der Waals surface area (Å²) < 4.78 is 0. The summed E-state index contributed by atoms with van der Waals surface area (Å²) in [5.74, 6) is 0. The molecule has 3 nitrogen and oxygen atoms in total. The van der Waals surface area contributed by atoms with Crippen LogP contribution < -0.4 is 26.0 Å². The third kappa shape index (κ3) is 7.78. The Morgan fingerprint density at radius 2 is 0.868 bits per heavy atom. The molecule has 11 aromatic rings. The number of hydrogen-bond acceptors (Lipinski definition) is 3. The first-order valence-corrected chi connectivity index (χ1v) is 23.4. The number of rotatable bonds is 10. The fourth-order valence-corrected chi connectivity index (χ4v) is 9.95. The Bertz CT molecular complexity index is 3490. The Labute approximate surface area is 399 Å². The maximum absolute atomic E-state index is 3.93. The summed E-state index contributed by atoms with van der Waals surface area (Å²) in [6.45, 7) is 0. The minimum atomic E-state index is 0.751. The zero-order valence-electron chi connectivity index (χ0n) is 37.5. The van der Waals surface area contributed by atoms with E-state index in [9.17, 15) is 0 Å². The third-order valence-electron chi connectivity index (χ3n) is 13.2. The van der Waals surface area contributed by atoms with E-state index in [2.05, 4.69) is 282 Å². The van der Waals surface area contributed by atoms with E-state index in [1.807, 2.05) is 0 Å². The Hall–Kier alpha value is -8.86. The van der Waals surface area contributed by atoms with E-state index in [0.29, 0.717) is 0 Å². The quantitative estimate of drug-likeness (QED) is 0.138. The molecule has 0 aromatic heterocycles. The van der Waals surface area contributed by atoms with Crippen molar-refractivity contribution in [1.29, 1.82) is 0 Å². The van der Waals surface area contributed by atoms with Crippen LogP contribution in [0.3, 0.4) is 0 Å². The lowest BCUT2D eigenvalue weighted by Crippen LogP contribution is -2.41. The molecule has 0 spiro atoms. The lowest BCUT2D eigenvalue weighted by atomic mass is 9.57. The number of benzene rings is 11. The molecule has 1 aliphatic rings. The lowest BCUT2D eigenvalue weighted by Gasteiger charge is -2.36. The van der Waals surface area contributed by atoms with E-state index in [0.717, 1.165) is 47.0 Å². The normalized spacial score (nSPS) is 11.6. The zero-order valence-corrected chi connectivity index (χ0v) is 37.5. The van der Waals surface area contributed by atoms with Gasteiger partial charge in [-0.1, -0.05) is 194 Å². The standard InChI is InChI=1S/C64H46BN3/c1-6-18-45(19-7-1)48-30-35-52(36-31-48)66-61-40-39-56(67(53-25-12-4-13-26-53)54-27-14-5-15-28-54)44-58(61)59-42-51-24-16-17-29-57(51)64-63(59)65-60-43-50(47-22-10-3-11-23-47)34-41-62(60)68(64)55-37-32-49(33-38-55)46-20-8-2-9-21-46/h1-44,65-66H. The van der Waals surface area contributed by atoms with Crippen LogP contribution in [0, 0.1) is 0 Å². The monoisotopic (exact) mass is 867 g/mol. The number of hydrogen-bond donors (Lipinski definition) is 1. The Kier molecular flexibility index (Phi) is 10.7.